The molecule has 1 aromatic heterocycles. The van der Waals surface area contributed by atoms with Gasteiger partial charge in [0.15, 0.2) is 17.3 Å². The monoisotopic (exact) mass is 375 g/mol. The first-order valence-corrected chi connectivity index (χ1v) is 8.55. The minimum Gasteiger partial charge on any atom is -0.496 e. The fourth-order valence-electron chi connectivity index (χ4n) is 2.77. The molecule has 0 atom stereocenters. The number of furan rings is 1. The van der Waals surface area contributed by atoms with Crippen LogP contribution in [0.1, 0.15) is 40.8 Å². The van der Waals surface area contributed by atoms with E-state index in [1.54, 1.807) is 46.5 Å². The molecule has 2 aromatic rings. The van der Waals surface area contributed by atoms with Gasteiger partial charge in [0.05, 0.1) is 26.9 Å². The summed E-state index contributed by atoms with van der Waals surface area (Å²) in [6, 6.07) is 5.19. The summed E-state index contributed by atoms with van der Waals surface area (Å²) >= 11 is 0. The van der Waals surface area contributed by atoms with Gasteiger partial charge in [-0.1, -0.05) is 0 Å². The molecule has 27 heavy (non-hydrogen) atoms. The number of methoxy groups -OCH3 is 3. The maximum absolute atomic E-state index is 12.2. The van der Waals surface area contributed by atoms with Crippen molar-refractivity contribution < 1.29 is 28.2 Å². The van der Waals surface area contributed by atoms with Gasteiger partial charge in [0.2, 0.25) is 5.91 Å². The molecule has 0 unspecified atom stereocenters. The van der Waals surface area contributed by atoms with Crippen LogP contribution in [0.4, 0.5) is 0 Å². The lowest BCUT2D eigenvalue weighted by Crippen LogP contribution is -2.23. The number of amides is 1. The van der Waals surface area contributed by atoms with Gasteiger partial charge in [-0.3, -0.25) is 9.59 Å². The van der Waals surface area contributed by atoms with Crippen LogP contribution < -0.4 is 19.5 Å². The zero-order valence-electron chi connectivity index (χ0n) is 16.3. The first-order valence-electron chi connectivity index (χ1n) is 8.55. The number of ketones is 1. The van der Waals surface area contributed by atoms with Gasteiger partial charge in [-0.05, 0) is 26.0 Å². The number of Topliss-reactive ketones (excluding diaryl/α,β-unsaturated/α-hetero) is 1. The summed E-state index contributed by atoms with van der Waals surface area (Å²) in [5, 5.41) is 2.85. The van der Waals surface area contributed by atoms with E-state index in [1.807, 2.05) is 0 Å². The smallest absolute Gasteiger partial charge is 0.220 e. The van der Waals surface area contributed by atoms with E-state index in [2.05, 4.69) is 5.32 Å². The van der Waals surface area contributed by atoms with Gasteiger partial charge >= 0.3 is 0 Å². The lowest BCUT2D eigenvalue weighted by molar-refractivity contribution is -0.121. The first-order chi connectivity index (χ1) is 12.9. The lowest BCUT2D eigenvalue weighted by atomic mass is 10.1. The van der Waals surface area contributed by atoms with Crippen molar-refractivity contribution in [2.75, 3.05) is 21.3 Å². The van der Waals surface area contributed by atoms with Crippen LogP contribution in [0, 0.1) is 6.92 Å². The standard InChI is InChI=1S/C20H25NO6/c1-12(22)16-9-15(27-13(16)2)6-7-20(23)21-11-14-8-18(25-4)19(26-5)10-17(14)24-3/h8-10H,6-7,11H2,1-5H3,(H,21,23). The maximum atomic E-state index is 12.2. The minimum atomic E-state index is -0.134. The van der Waals surface area contributed by atoms with Crippen molar-refractivity contribution in [1.82, 2.24) is 5.32 Å². The van der Waals surface area contributed by atoms with E-state index in [0.29, 0.717) is 40.8 Å². The number of nitrogens with one attached hydrogen (secondary N) is 1. The zero-order chi connectivity index (χ0) is 20.0. The highest BCUT2D eigenvalue weighted by atomic mass is 16.5. The third-order valence-electron chi connectivity index (χ3n) is 4.21. The molecular weight excluding hydrogens is 350 g/mol. The van der Waals surface area contributed by atoms with Crippen LogP contribution in [-0.4, -0.2) is 33.0 Å². The molecule has 1 aromatic carbocycles. The molecule has 0 bridgehead atoms. The average molecular weight is 375 g/mol. The van der Waals surface area contributed by atoms with Gasteiger partial charge in [0.1, 0.15) is 17.3 Å². The molecule has 0 aliphatic rings. The normalized spacial score (nSPS) is 10.4. The van der Waals surface area contributed by atoms with E-state index >= 15 is 0 Å². The molecule has 7 nitrogen and oxygen atoms in total. The van der Waals surface area contributed by atoms with Crippen molar-refractivity contribution >= 4 is 11.7 Å². The molecule has 0 fully saturated rings. The van der Waals surface area contributed by atoms with Gasteiger partial charge in [-0.15, -0.1) is 0 Å². The van der Waals surface area contributed by atoms with Crippen LogP contribution in [0.25, 0.3) is 0 Å². The molecule has 1 N–H and O–H groups in total. The van der Waals surface area contributed by atoms with E-state index in [9.17, 15) is 9.59 Å². The van der Waals surface area contributed by atoms with E-state index in [4.69, 9.17) is 18.6 Å². The molecule has 0 aliphatic carbocycles. The number of carbonyl (C=O) groups is 2. The summed E-state index contributed by atoms with van der Waals surface area (Å²) in [6.45, 7) is 3.52. The number of ether oxygens (including phenoxy) is 3. The summed E-state index contributed by atoms with van der Waals surface area (Å²) in [4.78, 5) is 23.6. The highest BCUT2D eigenvalue weighted by Gasteiger charge is 2.14. The number of benzene rings is 1. The summed E-state index contributed by atoms with van der Waals surface area (Å²) in [7, 11) is 4.65. The molecule has 7 heteroatoms. The Labute approximate surface area is 158 Å². The summed E-state index contributed by atoms with van der Waals surface area (Å²) < 4.78 is 21.4. The molecule has 0 saturated carbocycles. The van der Waals surface area contributed by atoms with Crippen molar-refractivity contribution in [1.29, 1.82) is 0 Å². The Morgan fingerprint density at radius 2 is 1.63 bits per heavy atom. The molecule has 1 amide bonds. The number of aryl methyl sites for hydroxylation is 2. The number of carbonyl (C=O) groups excluding carboxylic acids is 2. The highest BCUT2D eigenvalue weighted by Crippen LogP contribution is 2.34. The molecule has 1 heterocycles. The molecule has 0 radical (unpaired) electrons. The molecule has 0 spiro atoms. The van der Waals surface area contributed by atoms with E-state index in [0.717, 1.165) is 5.56 Å². The Bertz CT molecular complexity index is 824. The Kier molecular flexibility index (Phi) is 6.87. The summed E-state index contributed by atoms with van der Waals surface area (Å²) in [5.41, 5.74) is 1.33. The Morgan fingerprint density at radius 1 is 1.00 bits per heavy atom. The molecular formula is C20H25NO6. The molecule has 0 aliphatic heterocycles. The summed E-state index contributed by atoms with van der Waals surface area (Å²) in [6.07, 6.45) is 0.670. The fourth-order valence-corrected chi connectivity index (χ4v) is 2.77. The van der Waals surface area contributed by atoms with Gasteiger partial charge in [-0.25, -0.2) is 0 Å². The van der Waals surface area contributed by atoms with Gasteiger partial charge in [0.25, 0.3) is 0 Å². The van der Waals surface area contributed by atoms with Gasteiger partial charge < -0.3 is 23.9 Å². The van der Waals surface area contributed by atoms with Crippen LogP contribution in [0.2, 0.25) is 0 Å². The second-order valence-electron chi connectivity index (χ2n) is 6.03. The predicted octanol–water partition coefficient (Wildman–Crippen LogP) is 3.07. The number of hydrogen-bond donors (Lipinski definition) is 1. The Balaban J connectivity index is 1.97. The van der Waals surface area contributed by atoms with E-state index in [-0.39, 0.29) is 24.7 Å². The average Bonchev–Trinajstić information content (AvgIpc) is 3.04. The van der Waals surface area contributed by atoms with Crippen LogP contribution in [0.5, 0.6) is 17.2 Å². The van der Waals surface area contributed by atoms with Crippen LogP contribution in [0.15, 0.2) is 22.6 Å². The van der Waals surface area contributed by atoms with Crippen molar-refractivity contribution in [3.05, 3.63) is 40.8 Å². The molecule has 2 rings (SSSR count). The SMILES string of the molecule is COc1cc(OC)c(OC)cc1CNC(=O)CCc1cc(C(C)=O)c(C)o1. The van der Waals surface area contributed by atoms with Crippen molar-refractivity contribution in [3.63, 3.8) is 0 Å². The fraction of sp³-hybridized carbons (Fsp3) is 0.400. The lowest BCUT2D eigenvalue weighted by Gasteiger charge is -2.14. The molecule has 0 saturated heterocycles. The summed E-state index contributed by atoms with van der Waals surface area (Å²) in [5.74, 6) is 2.73. The second kappa shape index (κ2) is 9.12. The molecule has 146 valence electrons. The quantitative estimate of drug-likeness (QED) is 0.678. The number of rotatable bonds is 9. The third kappa shape index (κ3) is 5.03. The predicted molar refractivity (Wildman–Crippen MR) is 99.7 cm³/mol. The Morgan fingerprint density at radius 3 is 2.19 bits per heavy atom. The van der Waals surface area contributed by atoms with Crippen LogP contribution >= 0.6 is 0 Å². The minimum absolute atomic E-state index is 0.0486. The van der Waals surface area contributed by atoms with Crippen LogP contribution in [0.3, 0.4) is 0 Å². The largest absolute Gasteiger partial charge is 0.496 e. The first kappa shape index (κ1) is 20.4. The highest BCUT2D eigenvalue weighted by molar-refractivity contribution is 5.95. The van der Waals surface area contributed by atoms with Crippen molar-refractivity contribution in [3.8, 4) is 17.2 Å². The van der Waals surface area contributed by atoms with Gasteiger partial charge in [0, 0.05) is 31.0 Å². The Hall–Kier alpha value is -2.96. The van der Waals surface area contributed by atoms with Crippen LogP contribution in [-0.2, 0) is 17.8 Å². The van der Waals surface area contributed by atoms with E-state index < -0.39 is 0 Å². The second-order valence-corrected chi connectivity index (χ2v) is 6.03. The number of hydrogen-bond acceptors (Lipinski definition) is 6. The van der Waals surface area contributed by atoms with Crippen molar-refractivity contribution in [2.24, 2.45) is 0 Å². The van der Waals surface area contributed by atoms with Crippen molar-refractivity contribution in [2.45, 2.75) is 33.2 Å². The van der Waals surface area contributed by atoms with Gasteiger partial charge in [-0.2, -0.15) is 0 Å². The third-order valence-corrected chi connectivity index (χ3v) is 4.21. The topological polar surface area (TPSA) is 87.0 Å². The maximum Gasteiger partial charge on any atom is 0.220 e. The van der Waals surface area contributed by atoms with E-state index in [1.165, 1.54) is 6.92 Å². The zero-order valence-corrected chi connectivity index (χ0v) is 16.3.